The molecule has 2 atom stereocenters. The monoisotopic (exact) mass is 276 g/mol. The van der Waals surface area contributed by atoms with Gasteiger partial charge >= 0.3 is 0 Å². The van der Waals surface area contributed by atoms with Crippen LogP contribution in [-0.4, -0.2) is 31.1 Å². The Labute approximate surface area is 125 Å². The summed E-state index contributed by atoms with van der Waals surface area (Å²) in [5, 5.41) is 3.41. The van der Waals surface area contributed by atoms with Gasteiger partial charge in [0.15, 0.2) is 0 Å². The number of nitrogens with one attached hydrogen (secondary N) is 1. The Morgan fingerprint density at radius 3 is 2.15 bits per heavy atom. The van der Waals surface area contributed by atoms with Crippen LogP contribution in [0.2, 0.25) is 0 Å². The summed E-state index contributed by atoms with van der Waals surface area (Å²) in [6, 6.07) is 9.74. The molecule has 0 saturated heterocycles. The van der Waals surface area contributed by atoms with Crippen molar-refractivity contribution in [1.29, 1.82) is 0 Å². The average Bonchev–Trinajstić information content (AvgIpc) is 2.44. The average molecular weight is 276 g/mol. The van der Waals surface area contributed by atoms with Crippen LogP contribution < -0.4 is 5.32 Å². The van der Waals surface area contributed by atoms with E-state index in [2.05, 4.69) is 76.1 Å². The minimum Gasteiger partial charge on any atom is -0.316 e. The quantitative estimate of drug-likeness (QED) is 0.775. The fraction of sp³-hybridized carbons (Fsp3) is 0.667. The second kappa shape index (κ2) is 8.43. The fourth-order valence-electron chi connectivity index (χ4n) is 2.37. The van der Waals surface area contributed by atoms with Gasteiger partial charge in [0.1, 0.15) is 0 Å². The van der Waals surface area contributed by atoms with E-state index in [1.807, 2.05) is 0 Å². The molecule has 114 valence electrons. The van der Waals surface area contributed by atoms with Crippen molar-refractivity contribution < 1.29 is 0 Å². The molecule has 0 spiro atoms. The molecule has 0 saturated carbocycles. The van der Waals surface area contributed by atoms with Crippen LogP contribution in [-0.2, 0) is 6.54 Å². The van der Waals surface area contributed by atoms with Gasteiger partial charge < -0.3 is 5.32 Å². The van der Waals surface area contributed by atoms with Crippen LogP contribution in [0.3, 0.4) is 0 Å². The van der Waals surface area contributed by atoms with Gasteiger partial charge in [-0.2, -0.15) is 0 Å². The van der Waals surface area contributed by atoms with E-state index in [0.717, 1.165) is 19.6 Å². The molecule has 1 rings (SSSR count). The lowest BCUT2D eigenvalue weighted by molar-refractivity contribution is 0.200. The van der Waals surface area contributed by atoms with Crippen molar-refractivity contribution in [2.45, 2.75) is 53.1 Å². The molecule has 2 nitrogen and oxygen atoms in total. The van der Waals surface area contributed by atoms with Crippen molar-refractivity contribution >= 4 is 0 Å². The van der Waals surface area contributed by atoms with Gasteiger partial charge in [0, 0.05) is 19.1 Å². The third-order valence-corrected chi connectivity index (χ3v) is 4.34. The molecule has 0 amide bonds. The lowest BCUT2D eigenvalue weighted by atomic mass is 9.99. The van der Waals surface area contributed by atoms with Crippen LogP contribution in [0, 0.1) is 5.92 Å². The first-order valence-electron chi connectivity index (χ1n) is 7.95. The number of nitrogens with zero attached hydrogens (tertiary/aromatic N) is 1. The molecule has 0 aliphatic rings. The van der Waals surface area contributed by atoms with Gasteiger partial charge in [-0.05, 0) is 43.5 Å². The van der Waals surface area contributed by atoms with Crippen molar-refractivity contribution in [3.05, 3.63) is 35.4 Å². The van der Waals surface area contributed by atoms with Gasteiger partial charge in [-0.3, -0.25) is 4.90 Å². The Morgan fingerprint density at radius 2 is 1.65 bits per heavy atom. The molecule has 0 aliphatic carbocycles. The van der Waals surface area contributed by atoms with Crippen LogP contribution in [0.25, 0.3) is 0 Å². The zero-order valence-electron chi connectivity index (χ0n) is 14.1. The van der Waals surface area contributed by atoms with E-state index in [-0.39, 0.29) is 0 Å². The topological polar surface area (TPSA) is 15.3 Å². The summed E-state index contributed by atoms with van der Waals surface area (Å²) >= 11 is 0. The Bertz CT molecular complexity index is 370. The number of hydrogen-bond donors (Lipinski definition) is 1. The minimum absolute atomic E-state index is 0.580. The summed E-state index contributed by atoms with van der Waals surface area (Å²) in [6.45, 7) is 14.4. The molecule has 1 aromatic rings. The van der Waals surface area contributed by atoms with Gasteiger partial charge in [0.05, 0.1) is 0 Å². The lowest BCUT2D eigenvalue weighted by Crippen LogP contribution is -2.32. The van der Waals surface area contributed by atoms with Crippen molar-refractivity contribution in [2.24, 2.45) is 5.92 Å². The smallest absolute Gasteiger partial charge is 0.0233 e. The zero-order valence-corrected chi connectivity index (χ0v) is 14.1. The van der Waals surface area contributed by atoms with Crippen LogP contribution in [0.1, 0.15) is 51.7 Å². The van der Waals surface area contributed by atoms with Crippen LogP contribution in [0.15, 0.2) is 24.3 Å². The first-order valence-corrected chi connectivity index (χ1v) is 7.95. The highest BCUT2D eigenvalue weighted by molar-refractivity contribution is 5.25. The van der Waals surface area contributed by atoms with Gasteiger partial charge in [-0.25, -0.2) is 0 Å². The summed E-state index contributed by atoms with van der Waals surface area (Å²) < 4.78 is 0. The van der Waals surface area contributed by atoms with E-state index in [0.29, 0.717) is 17.9 Å². The van der Waals surface area contributed by atoms with Crippen LogP contribution in [0.4, 0.5) is 0 Å². The van der Waals surface area contributed by atoms with Gasteiger partial charge in [-0.15, -0.1) is 0 Å². The predicted molar refractivity (Wildman–Crippen MR) is 89.2 cm³/mol. The van der Waals surface area contributed by atoms with Gasteiger partial charge in [0.25, 0.3) is 0 Å². The molecule has 0 bridgehead atoms. The molecule has 1 aromatic carbocycles. The molecular weight excluding hydrogens is 244 g/mol. The summed E-state index contributed by atoms with van der Waals surface area (Å²) in [4.78, 5) is 2.43. The maximum Gasteiger partial charge on any atom is 0.0233 e. The lowest BCUT2D eigenvalue weighted by Gasteiger charge is -2.28. The maximum atomic E-state index is 3.41. The van der Waals surface area contributed by atoms with Gasteiger partial charge in [0.2, 0.25) is 0 Å². The molecule has 0 radical (unpaired) electrons. The molecule has 2 unspecified atom stereocenters. The highest BCUT2D eigenvalue weighted by Crippen LogP contribution is 2.17. The third-order valence-electron chi connectivity index (χ3n) is 4.34. The Kier molecular flexibility index (Phi) is 7.25. The summed E-state index contributed by atoms with van der Waals surface area (Å²) in [6.07, 6.45) is 0. The Hall–Kier alpha value is -0.860. The number of rotatable bonds is 8. The minimum atomic E-state index is 0.580. The van der Waals surface area contributed by atoms with Crippen LogP contribution in [0.5, 0.6) is 0 Å². The molecular formula is C18H32N2. The summed E-state index contributed by atoms with van der Waals surface area (Å²) in [7, 11) is 2.21. The SMILES string of the molecule is CCNCC(C)c1ccc(CN(C)C(C)C(C)C)cc1. The van der Waals surface area contributed by atoms with Gasteiger partial charge in [-0.1, -0.05) is 52.0 Å². The molecule has 0 fully saturated rings. The predicted octanol–water partition coefficient (Wildman–Crippen LogP) is 3.88. The third kappa shape index (κ3) is 5.26. The highest BCUT2D eigenvalue weighted by Gasteiger charge is 2.13. The second-order valence-corrected chi connectivity index (χ2v) is 6.35. The molecule has 20 heavy (non-hydrogen) atoms. The molecule has 2 heteroatoms. The van der Waals surface area contributed by atoms with Crippen molar-refractivity contribution in [3.8, 4) is 0 Å². The molecule has 0 heterocycles. The first kappa shape index (κ1) is 17.2. The van der Waals surface area contributed by atoms with E-state index in [4.69, 9.17) is 0 Å². The van der Waals surface area contributed by atoms with Crippen LogP contribution >= 0.6 is 0 Å². The standard InChI is InChI=1S/C18H32N2/c1-7-19-12-15(4)18-10-8-17(9-11-18)13-20(6)16(5)14(2)3/h8-11,14-16,19H,7,12-13H2,1-6H3. The van der Waals surface area contributed by atoms with E-state index < -0.39 is 0 Å². The fourth-order valence-corrected chi connectivity index (χ4v) is 2.37. The number of hydrogen-bond acceptors (Lipinski definition) is 2. The maximum absolute atomic E-state index is 3.41. The van der Waals surface area contributed by atoms with Crippen molar-refractivity contribution in [3.63, 3.8) is 0 Å². The summed E-state index contributed by atoms with van der Waals surface area (Å²) in [5.41, 5.74) is 2.83. The molecule has 0 aromatic heterocycles. The molecule has 0 aliphatic heterocycles. The molecule has 1 N–H and O–H groups in total. The van der Waals surface area contributed by atoms with Crippen molar-refractivity contribution in [2.75, 3.05) is 20.1 Å². The second-order valence-electron chi connectivity index (χ2n) is 6.35. The van der Waals surface area contributed by atoms with E-state index in [9.17, 15) is 0 Å². The first-order chi connectivity index (χ1) is 9.45. The summed E-state index contributed by atoms with van der Waals surface area (Å²) in [5.74, 6) is 1.27. The van der Waals surface area contributed by atoms with Crippen molar-refractivity contribution in [1.82, 2.24) is 10.2 Å². The number of benzene rings is 1. The van der Waals surface area contributed by atoms with E-state index in [1.54, 1.807) is 0 Å². The highest BCUT2D eigenvalue weighted by atomic mass is 15.1. The number of likely N-dealkylation sites (N-methyl/N-ethyl adjacent to an activating group) is 1. The van der Waals surface area contributed by atoms with E-state index in [1.165, 1.54) is 11.1 Å². The largest absolute Gasteiger partial charge is 0.316 e. The Balaban J connectivity index is 2.58. The van der Waals surface area contributed by atoms with E-state index >= 15 is 0 Å². The normalized spacial score (nSPS) is 14.8. The zero-order chi connectivity index (χ0) is 15.1. The Morgan fingerprint density at radius 1 is 1.05 bits per heavy atom.